The second-order valence-electron chi connectivity index (χ2n) is 1.84. The molecule has 1 aromatic heterocycles. The van der Waals surface area contributed by atoms with Gasteiger partial charge in [-0.15, -0.1) is 6.42 Å². The lowest BCUT2D eigenvalue weighted by Gasteiger charge is -1.96. The van der Waals surface area contributed by atoms with Crippen LogP contribution in [0.15, 0.2) is 12.3 Å². The fourth-order valence-corrected chi connectivity index (χ4v) is 0.571. The number of pyridine rings is 1. The van der Waals surface area contributed by atoms with Crippen molar-refractivity contribution in [3.8, 4) is 12.3 Å². The van der Waals surface area contributed by atoms with Crippen molar-refractivity contribution in [3.05, 3.63) is 17.8 Å². The van der Waals surface area contributed by atoms with E-state index in [-0.39, 0.29) is 0 Å². The summed E-state index contributed by atoms with van der Waals surface area (Å²) >= 11 is 0. The fraction of sp³-hybridized carbons (Fsp3) is 0. The second-order valence-corrected chi connectivity index (χ2v) is 1.84. The van der Waals surface area contributed by atoms with E-state index >= 15 is 0 Å². The number of rotatable bonds is 0. The molecular formula is C7H7N3. The third kappa shape index (κ3) is 1.00. The van der Waals surface area contributed by atoms with Crippen LogP contribution < -0.4 is 11.5 Å². The summed E-state index contributed by atoms with van der Waals surface area (Å²) in [5.41, 5.74) is 11.8. The standard InChI is InChI=1S/C7H7N3/c1-2-5-3-6(8)7(9)10-4-5/h1,3-4H,8H2,(H2,9,10). The highest BCUT2D eigenvalue weighted by atomic mass is 14.9. The molecule has 0 fully saturated rings. The summed E-state index contributed by atoms with van der Waals surface area (Å²) in [6, 6.07) is 1.61. The first-order chi connectivity index (χ1) is 4.74. The topological polar surface area (TPSA) is 64.9 Å². The van der Waals surface area contributed by atoms with Crippen molar-refractivity contribution >= 4 is 11.5 Å². The first-order valence-electron chi connectivity index (χ1n) is 2.71. The molecule has 0 atom stereocenters. The predicted molar refractivity (Wildman–Crippen MR) is 41.0 cm³/mol. The van der Waals surface area contributed by atoms with Crippen molar-refractivity contribution in [1.82, 2.24) is 4.98 Å². The Bertz CT molecular complexity index is 285. The van der Waals surface area contributed by atoms with Gasteiger partial charge in [-0.1, -0.05) is 5.92 Å². The maximum Gasteiger partial charge on any atom is 0.146 e. The number of nitrogens with two attached hydrogens (primary N) is 2. The minimum absolute atomic E-state index is 0.319. The van der Waals surface area contributed by atoms with Gasteiger partial charge < -0.3 is 11.5 Å². The minimum Gasteiger partial charge on any atom is -0.396 e. The molecule has 0 spiro atoms. The molecule has 1 rings (SSSR count). The molecule has 0 aliphatic carbocycles. The predicted octanol–water partition coefficient (Wildman–Crippen LogP) is 0.227. The van der Waals surface area contributed by atoms with Gasteiger partial charge in [0.2, 0.25) is 0 Å². The maximum absolute atomic E-state index is 5.41. The Balaban J connectivity index is 3.20. The van der Waals surface area contributed by atoms with Gasteiger partial charge in [0.25, 0.3) is 0 Å². The van der Waals surface area contributed by atoms with Gasteiger partial charge in [-0.25, -0.2) is 4.98 Å². The Morgan fingerprint density at radius 2 is 2.20 bits per heavy atom. The summed E-state index contributed by atoms with van der Waals surface area (Å²) in [6.45, 7) is 0. The second kappa shape index (κ2) is 2.28. The average molecular weight is 133 g/mol. The highest BCUT2D eigenvalue weighted by molar-refractivity contribution is 5.60. The van der Waals surface area contributed by atoms with Gasteiger partial charge in [-0.3, -0.25) is 0 Å². The Kier molecular flexibility index (Phi) is 1.46. The smallest absolute Gasteiger partial charge is 0.146 e. The Hall–Kier alpha value is -1.69. The van der Waals surface area contributed by atoms with E-state index < -0.39 is 0 Å². The van der Waals surface area contributed by atoms with Crippen LogP contribution in [0, 0.1) is 12.3 Å². The van der Waals surface area contributed by atoms with Gasteiger partial charge in [0.05, 0.1) is 5.69 Å². The number of terminal acetylenes is 1. The van der Waals surface area contributed by atoms with Gasteiger partial charge in [0.1, 0.15) is 5.82 Å². The van der Waals surface area contributed by atoms with Gasteiger partial charge in [0.15, 0.2) is 0 Å². The molecule has 10 heavy (non-hydrogen) atoms. The number of aromatic nitrogens is 1. The zero-order chi connectivity index (χ0) is 7.56. The SMILES string of the molecule is C#Cc1cnc(N)c(N)c1. The van der Waals surface area contributed by atoms with Gasteiger partial charge in [0, 0.05) is 11.8 Å². The van der Waals surface area contributed by atoms with Crippen molar-refractivity contribution in [2.75, 3.05) is 11.5 Å². The number of anilines is 2. The van der Waals surface area contributed by atoms with Crippen molar-refractivity contribution in [3.63, 3.8) is 0 Å². The number of hydrogen-bond acceptors (Lipinski definition) is 3. The van der Waals surface area contributed by atoms with E-state index in [1.165, 1.54) is 6.20 Å². The van der Waals surface area contributed by atoms with Crippen molar-refractivity contribution < 1.29 is 0 Å². The van der Waals surface area contributed by atoms with Crippen LogP contribution in [0.5, 0.6) is 0 Å². The first-order valence-corrected chi connectivity index (χ1v) is 2.71. The van der Waals surface area contributed by atoms with Gasteiger partial charge in [-0.05, 0) is 6.07 Å². The van der Waals surface area contributed by atoms with Crippen LogP contribution in [0.3, 0.4) is 0 Å². The fourth-order valence-electron chi connectivity index (χ4n) is 0.571. The van der Waals surface area contributed by atoms with Crippen LogP contribution in [0.1, 0.15) is 5.56 Å². The number of hydrogen-bond donors (Lipinski definition) is 2. The maximum atomic E-state index is 5.41. The molecule has 0 aliphatic rings. The summed E-state index contributed by atoms with van der Waals surface area (Å²) in [6.07, 6.45) is 6.59. The lowest BCUT2D eigenvalue weighted by molar-refractivity contribution is 1.32. The molecule has 1 heterocycles. The average Bonchev–Trinajstić information content (AvgIpc) is 1.95. The van der Waals surface area contributed by atoms with Crippen molar-refractivity contribution in [1.29, 1.82) is 0 Å². The molecule has 0 saturated heterocycles. The summed E-state index contributed by atoms with van der Waals surface area (Å²) < 4.78 is 0. The molecule has 50 valence electrons. The van der Waals surface area contributed by atoms with Crippen molar-refractivity contribution in [2.45, 2.75) is 0 Å². The number of nitrogens with zero attached hydrogens (tertiary/aromatic N) is 1. The molecule has 3 nitrogen and oxygen atoms in total. The molecule has 0 bridgehead atoms. The third-order valence-corrected chi connectivity index (χ3v) is 1.12. The molecule has 0 amide bonds. The van der Waals surface area contributed by atoms with E-state index in [0.717, 1.165) is 0 Å². The molecule has 0 unspecified atom stereocenters. The molecule has 0 aromatic carbocycles. The van der Waals surface area contributed by atoms with Crippen molar-refractivity contribution in [2.24, 2.45) is 0 Å². The summed E-state index contributed by atoms with van der Waals surface area (Å²) in [5, 5.41) is 0. The van der Waals surface area contributed by atoms with E-state index in [9.17, 15) is 0 Å². The molecule has 1 aromatic rings. The zero-order valence-electron chi connectivity index (χ0n) is 5.33. The zero-order valence-corrected chi connectivity index (χ0v) is 5.33. The first kappa shape index (κ1) is 6.43. The third-order valence-electron chi connectivity index (χ3n) is 1.12. The normalized spacial score (nSPS) is 8.70. The highest BCUT2D eigenvalue weighted by Crippen LogP contribution is 2.10. The Labute approximate surface area is 59.1 Å². The van der Waals surface area contributed by atoms with Crippen LogP contribution in [-0.4, -0.2) is 4.98 Å². The highest BCUT2D eigenvalue weighted by Gasteiger charge is 1.94. The lowest BCUT2D eigenvalue weighted by atomic mass is 10.3. The van der Waals surface area contributed by atoms with Gasteiger partial charge in [-0.2, -0.15) is 0 Å². The monoisotopic (exact) mass is 133 g/mol. The molecule has 4 N–H and O–H groups in total. The molecule has 0 radical (unpaired) electrons. The van der Waals surface area contributed by atoms with E-state index in [4.69, 9.17) is 17.9 Å². The van der Waals surface area contributed by atoms with Crippen LogP contribution in [0.2, 0.25) is 0 Å². The Morgan fingerprint density at radius 3 is 2.70 bits per heavy atom. The molecule has 3 heteroatoms. The number of nitrogen functional groups attached to an aromatic ring is 2. The quantitative estimate of drug-likeness (QED) is 0.498. The van der Waals surface area contributed by atoms with Gasteiger partial charge >= 0.3 is 0 Å². The van der Waals surface area contributed by atoms with Crippen LogP contribution in [0.25, 0.3) is 0 Å². The summed E-state index contributed by atoms with van der Waals surface area (Å²) in [4.78, 5) is 3.76. The van der Waals surface area contributed by atoms with E-state index in [1.54, 1.807) is 6.07 Å². The van der Waals surface area contributed by atoms with E-state index in [1.807, 2.05) is 0 Å². The van der Waals surface area contributed by atoms with E-state index in [0.29, 0.717) is 17.1 Å². The summed E-state index contributed by atoms with van der Waals surface area (Å²) in [5.74, 6) is 2.72. The van der Waals surface area contributed by atoms with Crippen LogP contribution >= 0.6 is 0 Å². The Morgan fingerprint density at radius 1 is 1.50 bits per heavy atom. The van der Waals surface area contributed by atoms with Crippen LogP contribution in [-0.2, 0) is 0 Å². The summed E-state index contributed by atoms with van der Waals surface area (Å²) in [7, 11) is 0. The molecule has 0 saturated carbocycles. The molecule has 0 aliphatic heterocycles. The molecular weight excluding hydrogens is 126 g/mol. The minimum atomic E-state index is 0.319. The van der Waals surface area contributed by atoms with E-state index in [2.05, 4.69) is 10.9 Å². The lowest BCUT2D eigenvalue weighted by Crippen LogP contribution is -1.97. The van der Waals surface area contributed by atoms with Crippen LogP contribution in [0.4, 0.5) is 11.5 Å². The largest absolute Gasteiger partial charge is 0.396 e.